The SMILES string of the molecule is COC(=O)c1ccnc(N(CCN(C)C)CC(=O)O)c1. The lowest BCUT2D eigenvalue weighted by Crippen LogP contribution is -2.36. The van der Waals surface area contributed by atoms with Gasteiger partial charge in [0.15, 0.2) is 0 Å². The van der Waals surface area contributed by atoms with Crippen LogP contribution < -0.4 is 4.90 Å². The van der Waals surface area contributed by atoms with Gasteiger partial charge in [-0.05, 0) is 26.2 Å². The maximum atomic E-state index is 11.5. The summed E-state index contributed by atoms with van der Waals surface area (Å²) in [6.07, 6.45) is 1.46. The number of aliphatic carboxylic acids is 1. The summed E-state index contributed by atoms with van der Waals surface area (Å²) < 4.78 is 4.64. The van der Waals surface area contributed by atoms with Crippen molar-refractivity contribution >= 4 is 17.8 Å². The molecule has 0 aliphatic heterocycles. The number of hydrogen-bond acceptors (Lipinski definition) is 6. The summed E-state index contributed by atoms with van der Waals surface area (Å²) in [7, 11) is 5.10. The van der Waals surface area contributed by atoms with Crippen LogP contribution in [0.5, 0.6) is 0 Å². The second-order valence-corrected chi connectivity index (χ2v) is 4.51. The zero-order valence-corrected chi connectivity index (χ0v) is 11.9. The number of anilines is 1. The standard InChI is InChI=1S/C13H19N3O4/c1-15(2)6-7-16(9-12(17)18)11-8-10(4-5-14-11)13(19)20-3/h4-5,8H,6-7,9H2,1-3H3,(H,17,18). The molecule has 0 spiro atoms. The summed E-state index contributed by atoms with van der Waals surface area (Å²) >= 11 is 0. The number of ether oxygens (including phenoxy) is 1. The molecule has 1 aromatic heterocycles. The molecule has 0 saturated carbocycles. The first-order valence-corrected chi connectivity index (χ1v) is 6.10. The molecule has 7 heteroatoms. The van der Waals surface area contributed by atoms with Crippen molar-refractivity contribution in [2.75, 3.05) is 45.7 Å². The topological polar surface area (TPSA) is 83.0 Å². The van der Waals surface area contributed by atoms with Crippen LogP contribution in [0, 0.1) is 0 Å². The Morgan fingerprint density at radius 3 is 2.60 bits per heavy atom. The Morgan fingerprint density at radius 2 is 2.05 bits per heavy atom. The zero-order valence-electron chi connectivity index (χ0n) is 11.9. The number of carbonyl (C=O) groups is 2. The summed E-state index contributed by atoms with van der Waals surface area (Å²) in [5.74, 6) is -0.984. The summed E-state index contributed by atoms with van der Waals surface area (Å²) in [6, 6.07) is 3.06. The Kier molecular flexibility index (Phi) is 5.92. The molecular weight excluding hydrogens is 262 g/mol. The minimum atomic E-state index is -0.950. The van der Waals surface area contributed by atoms with Gasteiger partial charge >= 0.3 is 11.9 Å². The van der Waals surface area contributed by atoms with E-state index in [0.29, 0.717) is 24.5 Å². The third-order valence-corrected chi connectivity index (χ3v) is 2.63. The molecular formula is C13H19N3O4. The van der Waals surface area contributed by atoms with Gasteiger partial charge in [-0.15, -0.1) is 0 Å². The van der Waals surface area contributed by atoms with E-state index in [2.05, 4.69) is 9.72 Å². The molecule has 7 nitrogen and oxygen atoms in total. The van der Waals surface area contributed by atoms with Crippen LogP contribution in [0.4, 0.5) is 5.82 Å². The minimum absolute atomic E-state index is 0.175. The molecule has 20 heavy (non-hydrogen) atoms. The number of carbonyl (C=O) groups excluding carboxylic acids is 1. The van der Waals surface area contributed by atoms with Crippen molar-refractivity contribution in [3.8, 4) is 0 Å². The van der Waals surface area contributed by atoms with E-state index in [1.807, 2.05) is 19.0 Å². The summed E-state index contributed by atoms with van der Waals surface area (Å²) in [4.78, 5) is 30.1. The van der Waals surface area contributed by atoms with Crippen molar-refractivity contribution in [3.63, 3.8) is 0 Å². The molecule has 1 heterocycles. The van der Waals surface area contributed by atoms with Gasteiger partial charge in [0.1, 0.15) is 12.4 Å². The average Bonchev–Trinajstić information content (AvgIpc) is 2.42. The number of methoxy groups -OCH3 is 1. The smallest absolute Gasteiger partial charge is 0.338 e. The molecule has 0 unspecified atom stereocenters. The van der Waals surface area contributed by atoms with Gasteiger partial charge < -0.3 is 19.6 Å². The largest absolute Gasteiger partial charge is 0.480 e. The van der Waals surface area contributed by atoms with Crippen LogP contribution in [0.25, 0.3) is 0 Å². The quantitative estimate of drug-likeness (QED) is 0.721. The first-order valence-electron chi connectivity index (χ1n) is 6.10. The van der Waals surface area contributed by atoms with Gasteiger partial charge in [0.2, 0.25) is 0 Å². The fourth-order valence-electron chi connectivity index (χ4n) is 1.59. The predicted molar refractivity (Wildman–Crippen MR) is 74.0 cm³/mol. The van der Waals surface area contributed by atoms with Crippen molar-refractivity contribution in [2.24, 2.45) is 0 Å². The highest BCUT2D eigenvalue weighted by atomic mass is 16.5. The lowest BCUT2D eigenvalue weighted by atomic mass is 10.2. The maximum Gasteiger partial charge on any atom is 0.338 e. The molecule has 1 N–H and O–H groups in total. The highest BCUT2D eigenvalue weighted by molar-refractivity contribution is 5.90. The van der Waals surface area contributed by atoms with Crippen LogP contribution in [-0.2, 0) is 9.53 Å². The van der Waals surface area contributed by atoms with Gasteiger partial charge in [0.25, 0.3) is 0 Å². The first kappa shape index (κ1) is 15.9. The van der Waals surface area contributed by atoms with Crippen LogP contribution in [0.15, 0.2) is 18.3 Å². The van der Waals surface area contributed by atoms with Crippen LogP contribution in [0.2, 0.25) is 0 Å². The van der Waals surface area contributed by atoms with Gasteiger partial charge in [-0.3, -0.25) is 4.79 Å². The number of likely N-dealkylation sites (N-methyl/N-ethyl adjacent to an activating group) is 1. The van der Waals surface area contributed by atoms with Crippen molar-refractivity contribution in [3.05, 3.63) is 23.9 Å². The fraction of sp³-hybridized carbons (Fsp3) is 0.462. The van der Waals surface area contributed by atoms with Crippen LogP contribution in [-0.4, -0.2) is 67.8 Å². The molecule has 0 saturated heterocycles. The van der Waals surface area contributed by atoms with E-state index >= 15 is 0 Å². The van der Waals surface area contributed by atoms with Crippen molar-refractivity contribution in [2.45, 2.75) is 0 Å². The van der Waals surface area contributed by atoms with Crippen molar-refractivity contribution in [1.29, 1.82) is 0 Å². The Balaban J connectivity index is 2.94. The molecule has 1 aromatic rings. The third kappa shape index (κ3) is 4.85. The fourth-order valence-corrected chi connectivity index (χ4v) is 1.59. The molecule has 0 amide bonds. The number of pyridine rings is 1. The lowest BCUT2D eigenvalue weighted by molar-refractivity contribution is -0.135. The predicted octanol–water partition coefficient (Wildman–Crippen LogP) is 0.321. The third-order valence-electron chi connectivity index (χ3n) is 2.63. The van der Waals surface area contributed by atoms with Crippen LogP contribution >= 0.6 is 0 Å². The zero-order chi connectivity index (χ0) is 15.1. The van der Waals surface area contributed by atoms with E-state index in [1.165, 1.54) is 25.4 Å². The van der Waals surface area contributed by atoms with Crippen LogP contribution in [0.1, 0.15) is 10.4 Å². The Morgan fingerprint density at radius 1 is 1.35 bits per heavy atom. The summed E-state index contributed by atoms with van der Waals surface area (Å²) in [5.41, 5.74) is 0.345. The van der Waals surface area contributed by atoms with Gasteiger partial charge in [0, 0.05) is 19.3 Å². The number of hydrogen-bond donors (Lipinski definition) is 1. The highest BCUT2D eigenvalue weighted by Crippen LogP contribution is 2.13. The molecule has 0 radical (unpaired) electrons. The van der Waals surface area contributed by atoms with Crippen molar-refractivity contribution in [1.82, 2.24) is 9.88 Å². The van der Waals surface area contributed by atoms with Gasteiger partial charge in [-0.1, -0.05) is 0 Å². The van der Waals surface area contributed by atoms with E-state index in [1.54, 1.807) is 4.90 Å². The molecule has 1 rings (SSSR count). The second-order valence-electron chi connectivity index (χ2n) is 4.51. The first-order chi connectivity index (χ1) is 9.43. The van der Waals surface area contributed by atoms with Crippen LogP contribution in [0.3, 0.4) is 0 Å². The van der Waals surface area contributed by atoms with Gasteiger partial charge in [0.05, 0.1) is 12.7 Å². The molecule has 0 aromatic carbocycles. The molecule has 0 fully saturated rings. The number of aromatic nitrogens is 1. The normalized spacial score (nSPS) is 10.4. The van der Waals surface area contributed by atoms with Crippen molar-refractivity contribution < 1.29 is 19.4 Å². The number of carboxylic acids is 1. The number of rotatable bonds is 7. The molecule has 0 aliphatic carbocycles. The monoisotopic (exact) mass is 281 g/mol. The van der Waals surface area contributed by atoms with Gasteiger partial charge in [-0.2, -0.15) is 0 Å². The van der Waals surface area contributed by atoms with Gasteiger partial charge in [-0.25, -0.2) is 9.78 Å². The van der Waals surface area contributed by atoms with E-state index in [4.69, 9.17) is 5.11 Å². The lowest BCUT2D eigenvalue weighted by Gasteiger charge is -2.23. The number of nitrogens with zero attached hydrogens (tertiary/aromatic N) is 3. The average molecular weight is 281 g/mol. The number of esters is 1. The van der Waals surface area contributed by atoms with E-state index in [9.17, 15) is 9.59 Å². The molecule has 0 atom stereocenters. The van der Waals surface area contributed by atoms with E-state index < -0.39 is 11.9 Å². The summed E-state index contributed by atoms with van der Waals surface area (Å²) in [5, 5.41) is 8.96. The highest BCUT2D eigenvalue weighted by Gasteiger charge is 2.14. The number of carboxylic acid groups (broad SMARTS) is 1. The second kappa shape index (κ2) is 7.44. The maximum absolute atomic E-state index is 11.5. The van der Waals surface area contributed by atoms with E-state index in [-0.39, 0.29) is 6.54 Å². The Bertz CT molecular complexity index is 476. The molecule has 110 valence electrons. The Labute approximate surface area is 117 Å². The van der Waals surface area contributed by atoms with E-state index in [0.717, 1.165) is 0 Å². The minimum Gasteiger partial charge on any atom is -0.480 e. The molecule has 0 bridgehead atoms. The molecule has 0 aliphatic rings. The Hall–Kier alpha value is -2.15. The summed E-state index contributed by atoms with van der Waals surface area (Å²) in [6.45, 7) is 1.000.